The van der Waals surface area contributed by atoms with Crippen molar-refractivity contribution in [3.8, 4) is 0 Å². The topological polar surface area (TPSA) is 12.0 Å². The van der Waals surface area contributed by atoms with E-state index in [9.17, 15) is 0 Å². The summed E-state index contributed by atoms with van der Waals surface area (Å²) in [6.07, 6.45) is 14.5. The van der Waals surface area contributed by atoms with Crippen molar-refractivity contribution in [1.82, 2.24) is 5.32 Å². The van der Waals surface area contributed by atoms with E-state index < -0.39 is 0 Å². The van der Waals surface area contributed by atoms with E-state index in [4.69, 9.17) is 0 Å². The van der Waals surface area contributed by atoms with Crippen LogP contribution in [0.2, 0.25) is 0 Å². The molecule has 18 heavy (non-hydrogen) atoms. The molecule has 1 N–H and O–H groups in total. The average Bonchev–Trinajstić information content (AvgIpc) is 2.24. The Balaban J connectivity index is 1.41. The van der Waals surface area contributed by atoms with Gasteiger partial charge in [-0.05, 0) is 80.5 Å². The molecular weight excluding hydrogens is 218 g/mol. The first-order chi connectivity index (χ1) is 8.77. The Labute approximate surface area is 111 Å². The normalized spacial score (nSPS) is 53.2. The van der Waals surface area contributed by atoms with E-state index in [0.717, 1.165) is 41.7 Å². The largest absolute Gasteiger partial charge is 0.311 e. The highest BCUT2D eigenvalue weighted by molar-refractivity contribution is 5.07. The van der Waals surface area contributed by atoms with Crippen molar-refractivity contribution < 1.29 is 0 Å². The van der Waals surface area contributed by atoms with Crippen molar-refractivity contribution in [3.05, 3.63) is 12.7 Å². The number of hydrogen-bond acceptors (Lipinski definition) is 1. The van der Waals surface area contributed by atoms with Gasteiger partial charge in [-0.2, -0.15) is 0 Å². The molecule has 0 amide bonds. The van der Waals surface area contributed by atoms with Gasteiger partial charge in [-0.25, -0.2) is 0 Å². The summed E-state index contributed by atoms with van der Waals surface area (Å²) >= 11 is 0. The Kier molecular flexibility index (Phi) is 2.62. The third-order valence-electron chi connectivity index (χ3n) is 6.64. The maximum atomic E-state index is 3.80. The van der Waals surface area contributed by atoms with Crippen LogP contribution in [0.25, 0.3) is 0 Å². The first-order valence-electron chi connectivity index (χ1n) is 8.12. The van der Waals surface area contributed by atoms with Gasteiger partial charge >= 0.3 is 0 Å². The number of rotatable bonds is 4. The lowest BCUT2D eigenvalue weighted by molar-refractivity contribution is -0.112. The summed E-state index contributed by atoms with van der Waals surface area (Å²) in [5, 5.41) is 3.61. The van der Waals surface area contributed by atoms with Gasteiger partial charge < -0.3 is 5.32 Å². The molecule has 1 nitrogen and oxygen atoms in total. The molecule has 0 aliphatic heterocycles. The highest BCUT2D eigenvalue weighted by atomic mass is 14.9. The molecule has 5 saturated carbocycles. The third kappa shape index (κ3) is 1.70. The SMILES string of the molecule is C=CCNC1CC(C23CC4CC(CC(C4)C2)C3)C1. The molecule has 5 rings (SSSR count). The van der Waals surface area contributed by atoms with Crippen molar-refractivity contribution in [3.63, 3.8) is 0 Å². The minimum atomic E-state index is 0.806. The van der Waals surface area contributed by atoms with Crippen LogP contribution in [-0.4, -0.2) is 12.6 Å². The molecule has 100 valence electrons. The van der Waals surface area contributed by atoms with Crippen LogP contribution in [0.5, 0.6) is 0 Å². The van der Waals surface area contributed by atoms with Crippen molar-refractivity contribution in [2.45, 2.75) is 57.4 Å². The second kappa shape index (κ2) is 4.10. The summed E-state index contributed by atoms with van der Waals surface area (Å²) in [6, 6.07) is 0.806. The molecule has 1 heteroatoms. The Bertz CT molecular complexity index is 304. The predicted molar refractivity (Wildman–Crippen MR) is 75.3 cm³/mol. The van der Waals surface area contributed by atoms with Crippen molar-refractivity contribution in [2.24, 2.45) is 29.1 Å². The monoisotopic (exact) mass is 245 g/mol. The highest BCUT2D eigenvalue weighted by Crippen LogP contribution is 2.65. The summed E-state index contributed by atoms with van der Waals surface area (Å²) < 4.78 is 0. The fraction of sp³-hybridized carbons (Fsp3) is 0.882. The van der Waals surface area contributed by atoms with E-state index >= 15 is 0 Å². The van der Waals surface area contributed by atoms with Gasteiger partial charge in [0.2, 0.25) is 0 Å². The summed E-state index contributed by atoms with van der Waals surface area (Å²) in [5.74, 6) is 4.43. The Morgan fingerprint density at radius 3 is 2.00 bits per heavy atom. The van der Waals surface area contributed by atoms with E-state index in [1.807, 2.05) is 6.08 Å². The maximum Gasteiger partial charge on any atom is 0.0134 e. The molecule has 0 aromatic rings. The molecule has 0 saturated heterocycles. The second-order valence-electron chi connectivity index (χ2n) is 7.84. The second-order valence-corrected chi connectivity index (χ2v) is 7.84. The fourth-order valence-electron chi connectivity index (χ4n) is 6.21. The molecule has 5 aliphatic carbocycles. The summed E-state index contributed by atoms with van der Waals surface area (Å²) in [5.41, 5.74) is 0.807. The zero-order valence-corrected chi connectivity index (χ0v) is 11.5. The van der Waals surface area contributed by atoms with Crippen LogP contribution in [0.4, 0.5) is 0 Å². The Morgan fingerprint density at radius 1 is 0.944 bits per heavy atom. The van der Waals surface area contributed by atoms with Crippen LogP contribution < -0.4 is 5.32 Å². The van der Waals surface area contributed by atoms with Crippen molar-refractivity contribution in [2.75, 3.05) is 6.54 Å². The van der Waals surface area contributed by atoms with Crippen LogP contribution in [0.1, 0.15) is 51.4 Å². The molecule has 0 atom stereocenters. The van der Waals surface area contributed by atoms with Gasteiger partial charge in [-0.15, -0.1) is 6.58 Å². The van der Waals surface area contributed by atoms with Crippen LogP contribution in [0, 0.1) is 29.1 Å². The van der Waals surface area contributed by atoms with Gasteiger partial charge in [0.25, 0.3) is 0 Å². The lowest BCUT2D eigenvalue weighted by Crippen LogP contribution is -2.55. The first kappa shape index (κ1) is 11.5. The van der Waals surface area contributed by atoms with Crippen molar-refractivity contribution >= 4 is 0 Å². The smallest absolute Gasteiger partial charge is 0.0134 e. The van der Waals surface area contributed by atoms with Gasteiger partial charge in [0, 0.05) is 12.6 Å². The first-order valence-corrected chi connectivity index (χ1v) is 8.12. The maximum absolute atomic E-state index is 3.80. The van der Waals surface area contributed by atoms with E-state index in [1.165, 1.54) is 12.8 Å². The Hall–Kier alpha value is -0.300. The zero-order valence-electron chi connectivity index (χ0n) is 11.5. The third-order valence-corrected chi connectivity index (χ3v) is 6.64. The molecule has 0 aromatic carbocycles. The zero-order chi connectivity index (χ0) is 12.2. The number of hydrogen-bond donors (Lipinski definition) is 1. The van der Waals surface area contributed by atoms with Crippen LogP contribution in [0.15, 0.2) is 12.7 Å². The summed E-state index contributed by atoms with van der Waals surface area (Å²) in [4.78, 5) is 0. The van der Waals surface area contributed by atoms with Crippen LogP contribution >= 0.6 is 0 Å². The van der Waals surface area contributed by atoms with Crippen LogP contribution in [-0.2, 0) is 0 Å². The van der Waals surface area contributed by atoms with E-state index in [1.54, 1.807) is 38.5 Å². The van der Waals surface area contributed by atoms with E-state index in [0.29, 0.717) is 0 Å². The molecule has 0 heterocycles. The molecular formula is C17H27N. The number of nitrogens with one attached hydrogen (secondary N) is 1. The highest BCUT2D eigenvalue weighted by Gasteiger charge is 2.56. The predicted octanol–water partition coefficient (Wildman–Crippen LogP) is 3.76. The molecule has 0 aromatic heterocycles. The standard InChI is InChI=1S/C17H27N/c1-2-3-18-16-7-15(8-16)17-9-12-4-13(10-17)6-14(5-12)11-17/h2,12-16,18H,1,3-11H2. The molecule has 5 fully saturated rings. The minimum Gasteiger partial charge on any atom is -0.311 e. The van der Waals surface area contributed by atoms with E-state index in [-0.39, 0.29) is 0 Å². The van der Waals surface area contributed by atoms with Gasteiger partial charge in [0.15, 0.2) is 0 Å². The molecule has 5 aliphatic rings. The molecule has 0 unspecified atom stereocenters. The van der Waals surface area contributed by atoms with E-state index in [2.05, 4.69) is 11.9 Å². The summed E-state index contributed by atoms with van der Waals surface area (Å²) in [6.45, 7) is 4.80. The van der Waals surface area contributed by atoms with Gasteiger partial charge in [-0.3, -0.25) is 0 Å². The average molecular weight is 245 g/mol. The lowest BCUT2D eigenvalue weighted by Gasteiger charge is -2.62. The molecule has 4 bridgehead atoms. The van der Waals surface area contributed by atoms with Gasteiger partial charge in [-0.1, -0.05) is 6.08 Å². The molecule has 0 spiro atoms. The fourth-order valence-corrected chi connectivity index (χ4v) is 6.21. The van der Waals surface area contributed by atoms with Crippen molar-refractivity contribution in [1.29, 1.82) is 0 Å². The van der Waals surface area contributed by atoms with Crippen LogP contribution in [0.3, 0.4) is 0 Å². The lowest BCUT2D eigenvalue weighted by atomic mass is 9.43. The van der Waals surface area contributed by atoms with Gasteiger partial charge in [0.1, 0.15) is 0 Å². The Morgan fingerprint density at radius 2 is 1.50 bits per heavy atom. The van der Waals surface area contributed by atoms with Gasteiger partial charge in [0.05, 0.1) is 0 Å². The minimum absolute atomic E-state index is 0.806. The molecule has 0 radical (unpaired) electrons. The quantitative estimate of drug-likeness (QED) is 0.744. The summed E-state index contributed by atoms with van der Waals surface area (Å²) in [7, 11) is 0.